The highest BCUT2D eigenvalue weighted by molar-refractivity contribution is 8.05. The lowest BCUT2D eigenvalue weighted by Gasteiger charge is -2.22. The molecule has 0 saturated carbocycles. The number of nitrogens with one attached hydrogen (secondary N) is 1. The number of rotatable bonds is 3. The Labute approximate surface area is 118 Å². The van der Waals surface area contributed by atoms with E-state index < -0.39 is 30.1 Å². The zero-order valence-electron chi connectivity index (χ0n) is 10.9. The van der Waals surface area contributed by atoms with Crippen LogP contribution in [0.1, 0.15) is 5.56 Å². The van der Waals surface area contributed by atoms with Crippen LogP contribution >= 0.6 is 19.4 Å². The van der Waals surface area contributed by atoms with Crippen LogP contribution in [0.3, 0.4) is 0 Å². The summed E-state index contributed by atoms with van der Waals surface area (Å²) in [6, 6.07) is 0. The van der Waals surface area contributed by atoms with Crippen LogP contribution in [0.15, 0.2) is 15.8 Å². The minimum atomic E-state index is -4.57. The fourth-order valence-electron chi connectivity index (χ4n) is 1.68. The number of quaternary nitrogens is 1. The first kappa shape index (κ1) is 17.2. The van der Waals surface area contributed by atoms with Crippen molar-refractivity contribution in [3.8, 4) is 0 Å². The van der Waals surface area contributed by atoms with Crippen LogP contribution in [-0.2, 0) is 15.8 Å². The maximum Gasteiger partial charge on any atom is 0.328 e. The smallest absolute Gasteiger partial charge is 0.328 e. The SMILES string of the molecule is Cc1c[nH]c(=O)n(CC2CSC(P(=O)([O-])O)O2)c1=O.[NH4+]. The van der Waals surface area contributed by atoms with Gasteiger partial charge in [0, 0.05) is 17.5 Å². The van der Waals surface area contributed by atoms with Gasteiger partial charge in [-0.1, -0.05) is 0 Å². The van der Waals surface area contributed by atoms with Crippen molar-refractivity contribution in [2.45, 2.75) is 24.7 Å². The van der Waals surface area contributed by atoms with Crippen LogP contribution in [0, 0.1) is 6.92 Å². The van der Waals surface area contributed by atoms with E-state index in [9.17, 15) is 19.0 Å². The zero-order chi connectivity index (χ0) is 14.2. The van der Waals surface area contributed by atoms with E-state index in [0.29, 0.717) is 5.56 Å². The summed E-state index contributed by atoms with van der Waals surface area (Å²) in [6.45, 7) is 1.50. The Balaban J connectivity index is 0.00000200. The molecule has 20 heavy (non-hydrogen) atoms. The van der Waals surface area contributed by atoms with Gasteiger partial charge in [-0.15, -0.1) is 11.8 Å². The largest absolute Gasteiger partial charge is 0.776 e. The van der Waals surface area contributed by atoms with Gasteiger partial charge < -0.3 is 30.2 Å². The van der Waals surface area contributed by atoms with E-state index in [-0.39, 0.29) is 18.4 Å². The summed E-state index contributed by atoms with van der Waals surface area (Å²) in [6.07, 6.45) is 0.693. The Kier molecular flexibility index (Phi) is 5.36. The molecule has 1 saturated heterocycles. The fraction of sp³-hybridized carbons (Fsp3) is 0.556. The summed E-state index contributed by atoms with van der Waals surface area (Å²) in [5.41, 5.74) is -0.657. The topological polar surface area (TPSA) is 161 Å². The maximum atomic E-state index is 11.8. The van der Waals surface area contributed by atoms with Crippen LogP contribution in [0.4, 0.5) is 0 Å². The van der Waals surface area contributed by atoms with E-state index in [1.165, 1.54) is 6.20 Å². The molecule has 1 aromatic rings. The van der Waals surface area contributed by atoms with Gasteiger partial charge in [-0.25, -0.2) is 4.79 Å². The van der Waals surface area contributed by atoms with E-state index in [2.05, 4.69) is 4.98 Å². The predicted molar refractivity (Wildman–Crippen MR) is 73.0 cm³/mol. The summed E-state index contributed by atoms with van der Waals surface area (Å²) in [5, 5.41) is -1.34. The van der Waals surface area contributed by atoms with Gasteiger partial charge in [0.25, 0.3) is 5.56 Å². The number of aromatic nitrogens is 2. The Hall–Kier alpha value is -0.900. The van der Waals surface area contributed by atoms with Crippen LogP contribution < -0.4 is 22.3 Å². The van der Waals surface area contributed by atoms with Gasteiger partial charge in [0.2, 0.25) is 0 Å². The van der Waals surface area contributed by atoms with Crippen molar-refractivity contribution in [2.24, 2.45) is 0 Å². The van der Waals surface area contributed by atoms with Crippen LogP contribution in [0.2, 0.25) is 0 Å². The Morgan fingerprint density at radius 1 is 1.65 bits per heavy atom. The predicted octanol–water partition coefficient (Wildman–Crippen LogP) is -0.817. The first-order valence-corrected chi connectivity index (χ1v) is 8.08. The van der Waals surface area contributed by atoms with E-state index in [1.54, 1.807) is 6.92 Å². The molecule has 9 nitrogen and oxygen atoms in total. The summed E-state index contributed by atoms with van der Waals surface area (Å²) < 4.78 is 17.0. The summed E-state index contributed by atoms with van der Waals surface area (Å²) in [5.74, 6) is 0.275. The molecular formula is C9H16N3O6PS. The molecule has 2 heterocycles. The third kappa shape index (κ3) is 3.60. The second kappa shape index (κ2) is 6.25. The van der Waals surface area contributed by atoms with Crippen molar-refractivity contribution in [1.82, 2.24) is 15.7 Å². The Morgan fingerprint density at radius 2 is 2.30 bits per heavy atom. The molecule has 1 aromatic heterocycles. The molecule has 0 aromatic carbocycles. The molecular weight excluding hydrogens is 309 g/mol. The lowest BCUT2D eigenvalue weighted by atomic mass is 10.3. The molecule has 0 aliphatic carbocycles. The Morgan fingerprint density at radius 3 is 2.85 bits per heavy atom. The molecule has 1 aliphatic heterocycles. The van der Waals surface area contributed by atoms with Gasteiger partial charge >= 0.3 is 5.69 Å². The molecule has 0 amide bonds. The van der Waals surface area contributed by atoms with Crippen molar-refractivity contribution in [1.29, 1.82) is 0 Å². The van der Waals surface area contributed by atoms with Crippen LogP contribution in [-0.4, -0.2) is 31.5 Å². The number of hydrogen-bond acceptors (Lipinski definition) is 6. The quantitative estimate of drug-likeness (QED) is 0.612. The molecule has 3 unspecified atom stereocenters. The van der Waals surface area contributed by atoms with Gasteiger partial charge in [-0.05, 0) is 6.92 Å². The van der Waals surface area contributed by atoms with E-state index in [0.717, 1.165) is 16.3 Å². The summed E-state index contributed by atoms with van der Waals surface area (Å²) in [7, 11) is -4.57. The van der Waals surface area contributed by atoms with Crippen molar-refractivity contribution >= 4 is 19.4 Å². The monoisotopic (exact) mass is 325 g/mol. The standard InChI is InChI=1S/C9H13N2O6PS.H3N/c1-5-2-10-8(13)11(7(5)12)3-6-4-19-9(17-6)18(14,15)16;/h2,6,9H,3-4H2,1H3,(H,10,13)(H2,14,15,16);1H3. The number of aryl methyl sites for hydroxylation is 1. The molecule has 1 aliphatic rings. The van der Waals surface area contributed by atoms with E-state index in [4.69, 9.17) is 9.63 Å². The minimum Gasteiger partial charge on any atom is -0.776 e. The Bertz CT molecular complexity index is 637. The molecule has 6 N–H and O–H groups in total. The molecule has 0 spiro atoms. The molecule has 114 valence electrons. The minimum absolute atomic E-state index is 0. The van der Waals surface area contributed by atoms with Crippen molar-refractivity contribution in [2.75, 3.05) is 5.75 Å². The normalized spacial score (nSPS) is 24.9. The second-order valence-corrected chi connectivity index (χ2v) is 7.20. The van der Waals surface area contributed by atoms with E-state index >= 15 is 0 Å². The number of thioether (sulfide) groups is 1. The van der Waals surface area contributed by atoms with Gasteiger partial charge in [-0.3, -0.25) is 9.36 Å². The van der Waals surface area contributed by atoms with Gasteiger partial charge in [0.1, 0.15) is 0 Å². The number of nitrogens with zero attached hydrogens (tertiary/aromatic N) is 1. The number of H-pyrrole nitrogens is 1. The summed E-state index contributed by atoms with van der Waals surface area (Å²) >= 11 is 0.917. The molecule has 2 rings (SSSR count). The number of ether oxygens (including phenoxy) is 1. The number of aromatic amines is 1. The molecule has 0 radical (unpaired) electrons. The maximum absolute atomic E-state index is 11.8. The van der Waals surface area contributed by atoms with Crippen LogP contribution in [0.25, 0.3) is 0 Å². The third-order valence-corrected chi connectivity index (χ3v) is 5.49. The van der Waals surface area contributed by atoms with Gasteiger partial charge in [-0.2, -0.15) is 0 Å². The molecule has 11 heteroatoms. The average molecular weight is 325 g/mol. The van der Waals surface area contributed by atoms with Crippen LogP contribution in [0.5, 0.6) is 0 Å². The highest BCUT2D eigenvalue weighted by atomic mass is 32.2. The zero-order valence-corrected chi connectivity index (χ0v) is 12.6. The lowest BCUT2D eigenvalue weighted by molar-refractivity contribution is -0.201. The highest BCUT2D eigenvalue weighted by Crippen LogP contribution is 2.48. The molecule has 3 atom stereocenters. The number of hydrogen-bond donors (Lipinski definition) is 3. The van der Waals surface area contributed by atoms with Crippen molar-refractivity contribution < 1.29 is 19.1 Å². The average Bonchev–Trinajstić information content (AvgIpc) is 2.78. The van der Waals surface area contributed by atoms with E-state index in [1.807, 2.05) is 0 Å². The molecule has 0 bridgehead atoms. The van der Waals surface area contributed by atoms with Crippen molar-refractivity contribution in [3.63, 3.8) is 0 Å². The first-order valence-electron chi connectivity index (χ1n) is 5.38. The highest BCUT2D eigenvalue weighted by Gasteiger charge is 2.33. The summed E-state index contributed by atoms with van der Waals surface area (Å²) in [4.78, 5) is 45.5. The van der Waals surface area contributed by atoms with Crippen molar-refractivity contribution in [3.05, 3.63) is 32.6 Å². The van der Waals surface area contributed by atoms with Gasteiger partial charge in [0.15, 0.2) is 12.8 Å². The molecule has 1 fully saturated rings. The fourth-order valence-corrected chi connectivity index (χ4v) is 3.82. The lowest BCUT2D eigenvalue weighted by Crippen LogP contribution is -2.39. The first-order chi connectivity index (χ1) is 8.79. The second-order valence-electron chi connectivity index (χ2n) is 4.16. The van der Waals surface area contributed by atoms with Gasteiger partial charge in [0.05, 0.1) is 12.6 Å². The third-order valence-electron chi connectivity index (χ3n) is 2.63.